The lowest BCUT2D eigenvalue weighted by Crippen LogP contribution is -2.49. The Morgan fingerprint density at radius 1 is 1.14 bits per heavy atom. The summed E-state index contributed by atoms with van der Waals surface area (Å²) < 4.78 is 10.9. The van der Waals surface area contributed by atoms with Crippen molar-refractivity contribution in [1.82, 2.24) is 10.4 Å². The number of morpholine rings is 1. The van der Waals surface area contributed by atoms with Crippen LogP contribution < -0.4 is 5.48 Å². The quantitative estimate of drug-likeness (QED) is 0.321. The molecule has 3 N–H and O–H groups in total. The average Bonchev–Trinajstić information content (AvgIpc) is 2.79. The molecule has 0 spiro atoms. The molecule has 9 nitrogen and oxygen atoms in total. The Morgan fingerprint density at radius 2 is 1.83 bits per heavy atom. The van der Waals surface area contributed by atoms with Gasteiger partial charge in [0, 0.05) is 24.7 Å². The number of esters is 1. The Labute approximate surface area is 209 Å². The molecule has 1 aromatic carbocycles. The Balaban J connectivity index is 1.84. The number of allylic oxidation sites excluding steroid dienone is 3. The molecular weight excluding hydrogens is 476 g/mol. The first-order chi connectivity index (χ1) is 16.8. The summed E-state index contributed by atoms with van der Waals surface area (Å²) in [6, 6.07) is 0.988. The third-order valence-electron chi connectivity index (χ3n) is 5.40. The molecule has 0 bridgehead atoms. The third kappa shape index (κ3) is 7.48. The summed E-state index contributed by atoms with van der Waals surface area (Å²) in [7, 11) is 0. The van der Waals surface area contributed by atoms with Gasteiger partial charge in [0.25, 0.3) is 5.91 Å². The lowest BCUT2D eigenvalue weighted by Gasteiger charge is -2.35. The van der Waals surface area contributed by atoms with Gasteiger partial charge >= 0.3 is 5.97 Å². The zero-order valence-corrected chi connectivity index (χ0v) is 20.6. The van der Waals surface area contributed by atoms with Gasteiger partial charge in [-0.1, -0.05) is 29.8 Å². The van der Waals surface area contributed by atoms with Crippen molar-refractivity contribution in [1.29, 1.82) is 0 Å². The van der Waals surface area contributed by atoms with E-state index in [2.05, 4.69) is 5.48 Å². The summed E-state index contributed by atoms with van der Waals surface area (Å²) in [6.07, 6.45) is 10.8. The summed E-state index contributed by atoms with van der Waals surface area (Å²) in [5.74, 6) is -1.85. The molecule has 2 aliphatic rings. The molecule has 1 saturated heterocycles. The SMILES string of the molecule is CC1CN(C(=O)CON/C2=C\c3c(Cl)c(O)cc(O)c3C(=O)OCCC=CCCC=C2)CC(C)O1. The van der Waals surface area contributed by atoms with E-state index in [1.807, 2.05) is 32.1 Å². The molecule has 1 amide bonds. The Morgan fingerprint density at radius 3 is 2.57 bits per heavy atom. The van der Waals surface area contributed by atoms with Gasteiger partial charge in [0.1, 0.15) is 17.1 Å². The number of nitrogens with zero attached hydrogens (tertiary/aromatic N) is 1. The van der Waals surface area contributed by atoms with Crippen LogP contribution in [0.3, 0.4) is 0 Å². The van der Waals surface area contributed by atoms with Crippen molar-refractivity contribution in [2.24, 2.45) is 0 Å². The van der Waals surface area contributed by atoms with Crippen LogP contribution in [-0.4, -0.2) is 65.5 Å². The fraction of sp³-hybridized carbons (Fsp3) is 0.440. The number of cyclic esters (lactones) is 1. The Bertz CT molecular complexity index is 1010. The van der Waals surface area contributed by atoms with Gasteiger partial charge in [-0.3, -0.25) is 15.1 Å². The van der Waals surface area contributed by atoms with Crippen molar-refractivity contribution >= 4 is 29.6 Å². The van der Waals surface area contributed by atoms with E-state index in [9.17, 15) is 19.8 Å². The molecule has 190 valence electrons. The summed E-state index contributed by atoms with van der Waals surface area (Å²) in [6.45, 7) is 4.67. The molecule has 2 unspecified atom stereocenters. The Hall–Kier alpha value is -3.01. The van der Waals surface area contributed by atoms with Crippen molar-refractivity contribution in [2.75, 3.05) is 26.3 Å². The number of phenolic OH excluding ortho intramolecular Hbond substituents is 2. The predicted octanol–water partition coefficient (Wildman–Crippen LogP) is 3.70. The highest BCUT2D eigenvalue weighted by molar-refractivity contribution is 6.34. The first-order valence-corrected chi connectivity index (χ1v) is 11.9. The topological polar surface area (TPSA) is 118 Å². The first-order valence-electron chi connectivity index (χ1n) is 11.5. The second kappa shape index (κ2) is 12.6. The zero-order valence-electron chi connectivity index (χ0n) is 19.8. The van der Waals surface area contributed by atoms with Gasteiger partial charge in [-0.2, -0.15) is 0 Å². The van der Waals surface area contributed by atoms with Crippen LogP contribution in [0.5, 0.6) is 11.5 Å². The number of benzene rings is 1. The molecule has 0 saturated carbocycles. The lowest BCUT2D eigenvalue weighted by molar-refractivity contribution is -0.149. The van der Waals surface area contributed by atoms with E-state index in [0.29, 0.717) is 25.2 Å². The van der Waals surface area contributed by atoms with Gasteiger partial charge < -0.3 is 24.6 Å². The van der Waals surface area contributed by atoms with Gasteiger partial charge in [0.15, 0.2) is 6.61 Å². The van der Waals surface area contributed by atoms with E-state index >= 15 is 0 Å². The third-order valence-corrected chi connectivity index (χ3v) is 5.80. The van der Waals surface area contributed by atoms with E-state index in [-0.39, 0.29) is 47.5 Å². The molecule has 1 aromatic rings. The molecule has 2 heterocycles. The number of amides is 1. The molecule has 0 aliphatic carbocycles. The molecule has 0 radical (unpaired) electrons. The average molecular weight is 507 g/mol. The number of carbonyl (C=O) groups excluding carboxylic acids is 2. The number of aromatic hydroxyl groups is 2. The maximum absolute atomic E-state index is 12.7. The van der Waals surface area contributed by atoms with Gasteiger partial charge in [-0.15, -0.1) is 0 Å². The van der Waals surface area contributed by atoms with Crippen molar-refractivity contribution < 1.29 is 34.1 Å². The van der Waals surface area contributed by atoms with Crippen molar-refractivity contribution in [3.63, 3.8) is 0 Å². The summed E-state index contributed by atoms with van der Waals surface area (Å²) in [5.41, 5.74) is 2.94. The Kier molecular flexibility index (Phi) is 9.59. The number of hydroxylamine groups is 1. The molecular formula is C25H31ClN2O7. The highest BCUT2D eigenvalue weighted by atomic mass is 35.5. The number of halogens is 1. The fourth-order valence-electron chi connectivity index (χ4n) is 3.85. The molecule has 1 fully saturated rings. The monoisotopic (exact) mass is 506 g/mol. The highest BCUT2D eigenvalue weighted by Gasteiger charge is 2.26. The highest BCUT2D eigenvalue weighted by Crippen LogP contribution is 2.38. The number of hydrogen-bond acceptors (Lipinski definition) is 8. The van der Waals surface area contributed by atoms with Crippen LogP contribution in [0.25, 0.3) is 6.08 Å². The zero-order chi connectivity index (χ0) is 25.4. The number of rotatable bonds is 4. The predicted molar refractivity (Wildman–Crippen MR) is 131 cm³/mol. The van der Waals surface area contributed by atoms with Crippen LogP contribution in [0, 0.1) is 0 Å². The normalized spacial score (nSPS) is 23.0. The lowest BCUT2D eigenvalue weighted by atomic mass is 10.0. The van der Waals surface area contributed by atoms with Crippen LogP contribution in [0.2, 0.25) is 5.02 Å². The van der Waals surface area contributed by atoms with Gasteiger partial charge in [0.2, 0.25) is 0 Å². The van der Waals surface area contributed by atoms with Gasteiger partial charge in [0.05, 0.1) is 29.5 Å². The van der Waals surface area contributed by atoms with Crippen LogP contribution in [-0.2, 0) is 19.1 Å². The second-order valence-corrected chi connectivity index (χ2v) is 8.82. The first kappa shape index (κ1) is 26.6. The van der Waals surface area contributed by atoms with Crippen molar-refractivity contribution in [2.45, 2.75) is 45.3 Å². The van der Waals surface area contributed by atoms with Gasteiger partial charge in [-0.25, -0.2) is 4.79 Å². The number of fused-ring (bicyclic) bond motifs is 1. The number of carbonyl (C=O) groups is 2. The molecule has 0 aromatic heterocycles. The largest absolute Gasteiger partial charge is 0.507 e. The van der Waals surface area contributed by atoms with E-state index in [1.54, 1.807) is 11.0 Å². The molecule has 2 atom stereocenters. The molecule has 3 rings (SSSR count). The van der Waals surface area contributed by atoms with Crippen molar-refractivity contribution in [3.8, 4) is 11.5 Å². The van der Waals surface area contributed by atoms with Crippen LogP contribution in [0.1, 0.15) is 49.0 Å². The number of phenols is 2. The fourth-order valence-corrected chi connectivity index (χ4v) is 4.06. The summed E-state index contributed by atoms with van der Waals surface area (Å²) >= 11 is 6.29. The number of ether oxygens (including phenoxy) is 2. The second-order valence-electron chi connectivity index (χ2n) is 8.44. The van der Waals surface area contributed by atoms with Crippen LogP contribution >= 0.6 is 11.6 Å². The van der Waals surface area contributed by atoms with E-state index in [1.165, 1.54) is 6.08 Å². The number of hydrogen-bond donors (Lipinski definition) is 3. The smallest absolute Gasteiger partial charge is 0.342 e. The minimum absolute atomic E-state index is 0.0553. The standard InChI is InChI=1S/C25H31ClN2O7/c1-16-13-28(14-17(2)35-16)22(31)15-34-27-18-9-7-5-3-4-6-8-10-33-25(32)23-19(11-18)24(26)21(30)12-20(23)29/h4,6-7,9,11-12,16-17,27,29-30H,3,5,8,10,13-15H2,1-2H3/b6-4?,9-7?,18-11-. The van der Waals surface area contributed by atoms with Crippen LogP contribution in [0.15, 0.2) is 36.1 Å². The maximum atomic E-state index is 12.7. The minimum atomic E-state index is -0.781. The maximum Gasteiger partial charge on any atom is 0.342 e. The molecule has 10 heteroatoms. The van der Waals surface area contributed by atoms with Gasteiger partial charge in [-0.05, 0) is 45.3 Å². The van der Waals surface area contributed by atoms with E-state index in [0.717, 1.165) is 18.9 Å². The van der Waals surface area contributed by atoms with Crippen molar-refractivity contribution in [3.05, 3.63) is 52.2 Å². The summed E-state index contributed by atoms with van der Waals surface area (Å²) in [4.78, 5) is 32.5. The minimum Gasteiger partial charge on any atom is -0.507 e. The van der Waals surface area contributed by atoms with E-state index < -0.39 is 17.5 Å². The molecule has 35 heavy (non-hydrogen) atoms. The van der Waals surface area contributed by atoms with E-state index in [4.69, 9.17) is 25.9 Å². The van der Waals surface area contributed by atoms with Crippen LogP contribution in [0.4, 0.5) is 0 Å². The summed E-state index contributed by atoms with van der Waals surface area (Å²) in [5, 5.41) is 20.4. The number of nitrogens with one attached hydrogen (secondary N) is 1. The molecule has 2 aliphatic heterocycles.